The number of rotatable bonds is 4. The lowest BCUT2D eigenvalue weighted by molar-refractivity contribution is -0.255. The van der Waals surface area contributed by atoms with Crippen molar-refractivity contribution in [2.24, 2.45) is 0 Å². The summed E-state index contributed by atoms with van der Waals surface area (Å²) in [5, 5.41) is 19.8. The number of carboxylic acid groups (broad SMARTS) is 2. The monoisotopic (exact) mass is 239 g/mol. The zero-order valence-electron chi connectivity index (χ0n) is 8.89. The molecule has 1 aromatic carbocycles. The lowest BCUT2D eigenvalue weighted by Crippen LogP contribution is -2.22. The molecule has 0 saturated heterocycles. The maximum atomic E-state index is 10.8. The highest BCUT2D eigenvalue weighted by Crippen LogP contribution is 2.25. The van der Waals surface area contributed by atoms with Crippen LogP contribution in [0.25, 0.3) is 0 Å². The molecule has 0 spiro atoms. The van der Waals surface area contributed by atoms with Crippen LogP contribution in [0.4, 0.5) is 0 Å². The van der Waals surface area contributed by atoms with E-state index in [4.69, 9.17) is 5.11 Å². The van der Waals surface area contributed by atoms with E-state index < -0.39 is 11.9 Å². The Bertz CT molecular complexity index is 394. The first-order chi connectivity index (χ1) is 7.40. The van der Waals surface area contributed by atoms with Crippen LogP contribution in [0.15, 0.2) is 23.1 Å². The summed E-state index contributed by atoms with van der Waals surface area (Å²) in [5.41, 5.74) is -0.145. The Hall–Kier alpha value is -1.49. The standard InChI is InChI=1S/C11H12O4S/c1-6(2)16-9-4-7(10(12)13)3-8(5-9)11(14)15/h3-6H,1-2H3,(H,12,13)(H,14,15)/p-1. The van der Waals surface area contributed by atoms with E-state index in [-0.39, 0.29) is 16.4 Å². The summed E-state index contributed by atoms with van der Waals surface area (Å²) < 4.78 is 0. The molecule has 16 heavy (non-hydrogen) atoms. The van der Waals surface area contributed by atoms with Gasteiger partial charge in [-0.2, -0.15) is 0 Å². The summed E-state index contributed by atoms with van der Waals surface area (Å²) in [7, 11) is 0. The van der Waals surface area contributed by atoms with E-state index in [9.17, 15) is 14.7 Å². The Morgan fingerprint density at radius 3 is 2.25 bits per heavy atom. The molecule has 0 saturated carbocycles. The van der Waals surface area contributed by atoms with Crippen molar-refractivity contribution in [2.45, 2.75) is 24.0 Å². The number of hydrogen-bond donors (Lipinski definition) is 1. The lowest BCUT2D eigenvalue weighted by Gasteiger charge is -2.09. The minimum absolute atomic E-state index is 0.0372. The highest BCUT2D eigenvalue weighted by Gasteiger charge is 2.09. The molecule has 0 aromatic heterocycles. The van der Waals surface area contributed by atoms with Gasteiger partial charge in [0, 0.05) is 10.1 Å². The van der Waals surface area contributed by atoms with Gasteiger partial charge in [0.25, 0.3) is 0 Å². The average molecular weight is 239 g/mol. The smallest absolute Gasteiger partial charge is 0.335 e. The summed E-state index contributed by atoms with van der Waals surface area (Å²) in [4.78, 5) is 22.1. The zero-order chi connectivity index (χ0) is 12.3. The number of aromatic carboxylic acids is 2. The third kappa shape index (κ3) is 3.27. The van der Waals surface area contributed by atoms with Gasteiger partial charge in [0.15, 0.2) is 0 Å². The number of carbonyl (C=O) groups is 2. The molecule has 0 unspecified atom stereocenters. The molecule has 0 atom stereocenters. The van der Waals surface area contributed by atoms with Crippen LogP contribution in [-0.2, 0) is 0 Å². The second kappa shape index (κ2) is 5.03. The minimum atomic E-state index is -1.37. The molecular formula is C11H11O4S-. The van der Waals surface area contributed by atoms with Gasteiger partial charge in [-0.25, -0.2) is 4.79 Å². The van der Waals surface area contributed by atoms with E-state index in [1.165, 1.54) is 23.9 Å². The van der Waals surface area contributed by atoms with Gasteiger partial charge in [-0.3, -0.25) is 0 Å². The zero-order valence-corrected chi connectivity index (χ0v) is 9.71. The second-order valence-corrected chi connectivity index (χ2v) is 5.16. The summed E-state index contributed by atoms with van der Waals surface area (Å²) >= 11 is 1.41. The largest absolute Gasteiger partial charge is 0.545 e. The topological polar surface area (TPSA) is 77.4 Å². The molecule has 0 bridgehead atoms. The third-order valence-electron chi connectivity index (χ3n) is 1.76. The predicted octanol–water partition coefficient (Wildman–Crippen LogP) is 1.25. The molecule has 1 aromatic rings. The predicted molar refractivity (Wildman–Crippen MR) is 58.7 cm³/mol. The Labute approximate surface area is 97.3 Å². The quantitative estimate of drug-likeness (QED) is 0.800. The van der Waals surface area contributed by atoms with Crippen molar-refractivity contribution in [3.8, 4) is 0 Å². The first-order valence-corrected chi connectivity index (χ1v) is 5.54. The minimum Gasteiger partial charge on any atom is -0.545 e. The van der Waals surface area contributed by atoms with Crippen molar-refractivity contribution < 1.29 is 19.8 Å². The number of carbonyl (C=O) groups excluding carboxylic acids is 1. The second-order valence-electron chi connectivity index (χ2n) is 3.51. The first-order valence-electron chi connectivity index (χ1n) is 4.66. The summed E-state index contributed by atoms with van der Waals surface area (Å²) in [6.07, 6.45) is 0. The van der Waals surface area contributed by atoms with E-state index in [1.54, 1.807) is 0 Å². The van der Waals surface area contributed by atoms with Crippen LogP contribution in [0.1, 0.15) is 34.6 Å². The lowest BCUT2D eigenvalue weighted by atomic mass is 10.1. The molecule has 0 aliphatic heterocycles. The summed E-state index contributed by atoms with van der Waals surface area (Å²) in [5.74, 6) is -2.51. The van der Waals surface area contributed by atoms with Crippen LogP contribution < -0.4 is 5.11 Å². The Kier molecular flexibility index (Phi) is 3.95. The van der Waals surface area contributed by atoms with Crippen molar-refractivity contribution in [3.05, 3.63) is 29.3 Å². The van der Waals surface area contributed by atoms with E-state index in [1.807, 2.05) is 13.8 Å². The molecule has 4 nitrogen and oxygen atoms in total. The molecule has 0 aliphatic rings. The normalized spacial score (nSPS) is 10.4. The molecule has 1 N–H and O–H groups in total. The fourth-order valence-corrected chi connectivity index (χ4v) is 2.11. The first kappa shape index (κ1) is 12.6. The van der Waals surface area contributed by atoms with Crippen molar-refractivity contribution >= 4 is 23.7 Å². The molecule has 1 rings (SSSR count). The fourth-order valence-electron chi connectivity index (χ4n) is 1.18. The maximum Gasteiger partial charge on any atom is 0.335 e. The Morgan fingerprint density at radius 2 is 1.81 bits per heavy atom. The van der Waals surface area contributed by atoms with E-state index in [2.05, 4.69) is 0 Å². The van der Waals surface area contributed by atoms with E-state index in [0.717, 1.165) is 6.07 Å². The molecule has 0 fully saturated rings. The van der Waals surface area contributed by atoms with E-state index in [0.29, 0.717) is 4.90 Å². The maximum absolute atomic E-state index is 10.8. The average Bonchev–Trinajstić information content (AvgIpc) is 2.15. The van der Waals surface area contributed by atoms with Gasteiger partial charge in [-0.15, -0.1) is 11.8 Å². The van der Waals surface area contributed by atoms with Gasteiger partial charge in [0.1, 0.15) is 0 Å². The molecular weight excluding hydrogens is 228 g/mol. The van der Waals surface area contributed by atoms with Crippen LogP contribution in [0.2, 0.25) is 0 Å². The molecule has 0 radical (unpaired) electrons. The highest BCUT2D eigenvalue weighted by atomic mass is 32.2. The van der Waals surface area contributed by atoms with Crippen LogP contribution in [-0.4, -0.2) is 22.3 Å². The number of benzene rings is 1. The summed E-state index contributed by atoms with van der Waals surface area (Å²) in [6, 6.07) is 3.98. The number of thioether (sulfide) groups is 1. The van der Waals surface area contributed by atoms with Gasteiger partial charge < -0.3 is 15.0 Å². The van der Waals surface area contributed by atoms with Crippen LogP contribution >= 0.6 is 11.8 Å². The van der Waals surface area contributed by atoms with E-state index >= 15 is 0 Å². The van der Waals surface area contributed by atoms with Crippen molar-refractivity contribution in [2.75, 3.05) is 0 Å². The fraction of sp³-hybridized carbons (Fsp3) is 0.273. The van der Waals surface area contributed by atoms with Gasteiger partial charge in [0.2, 0.25) is 0 Å². The van der Waals surface area contributed by atoms with Crippen LogP contribution in [0.5, 0.6) is 0 Å². The third-order valence-corrected chi connectivity index (χ3v) is 2.74. The van der Waals surface area contributed by atoms with Crippen LogP contribution in [0, 0.1) is 0 Å². The molecule has 0 heterocycles. The van der Waals surface area contributed by atoms with Crippen molar-refractivity contribution in [3.63, 3.8) is 0 Å². The van der Waals surface area contributed by atoms with Gasteiger partial charge in [-0.1, -0.05) is 13.8 Å². The Balaban J connectivity index is 3.18. The number of hydrogen-bond acceptors (Lipinski definition) is 4. The Morgan fingerprint density at radius 1 is 1.25 bits per heavy atom. The van der Waals surface area contributed by atoms with Crippen molar-refractivity contribution in [1.29, 1.82) is 0 Å². The van der Waals surface area contributed by atoms with Gasteiger partial charge in [0.05, 0.1) is 11.5 Å². The number of carboxylic acids is 2. The van der Waals surface area contributed by atoms with Gasteiger partial charge in [-0.05, 0) is 23.8 Å². The molecule has 5 heteroatoms. The highest BCUT2D eigenvalue weighted by molar-refractivity contribution is 7.99. The van der Waals surface area contributed by atoms with Gasteiger partial charge >= 0.3 is 5.97 Å². The summed E-state index contributed by atoms with van der Waals surface area (Å²) in [6.45, 7) is 3.88. The van der Waals surface area contributed by atoms with Crippen molar-refractivity contribution in [1.82, 2.24) is 0 Å². The molecule has 86 valence electrons. The molecule has 0 amide bonds. The molecule has 0 aliphatic carbocycles. The van der Waals surface area contributed by atoms with Crippen LogP contribution in [0.3, 0.4) is 0 Å². The SMILES string of the molecule is CC(C)Sc1cc(C(=O)[O-])cc(C(=O)O)c1.